The number of aromatic carboxylic acids is 1. The quantitative estimate of drug-likeness (QED) is 0.627. The molecular weight excluding hydrogens is 274 g/mol. The summed E-state index contributed by atoms with van der Waals surface area (Å²) in [5.74, 6) is -1.51. The molecule has 0 aliphatic rings. The lowest BCUT2D eigenvalue weighted by atomic mass is 10.1. The first kappa shape index (κ1) is 13.1. The van der Waals surface area contributed by atoms with Crippen molar-refractivity contribution in [2.24, 2.45) is 0 Å². The van der Waals surface area contributed by atoms with E-state index in [1.807, 2.05) is 0 Å². The van der Waals surface area contributed by atoms with Crippen LogP contribution in [-0.4, -0.2) is 25.9 Å². The fourth-order valence-corrected chi connectivity index (χ4v) is 1.68. The van der Waals surface area contributed by atoms with Crippen LogP contribution >= 0.6 is 0 Å². The van der Waals surface area contributed by atoms with Crippen molar-refractivity contribution in [3.05, 3.63) is 54.3 Å². The molecule has 0 atom stereocenters. The SMILES string of the molecule is O=C(O)c1cc2cc([N+](=O)[O-])c([N+](=O)[O-])cc2[nH]c1=O. The molecule has 0 saturated carbocycles. The number of nitro benzene ring substituents is 2. The Balaban J connectivity index is 2.88. The van der Waals surface area contributed by atoms with Crippen LogP contribution in [0.2, 0.25) is 0 Å². The molecule has 1 aromatic carbocycles. The van der Waals surface area contributed by atoms with Crippen molar-refractivity contribution < 1.29 is 19.7 Å². The summed E-state index contributed by atoms with van der Waals surface area (Å²) in [7, 11) is 0. The second kappa shape index (κ2) is 4.42. The number of H-pyrrole nitrogens is 1. The highest BCUT2D eigenvalue weighted by atomic mass is 16.6. The Hall–Kier alpha value is -3.30. The summed E-state index contributed by atoms with van der Waals surface area (Å²) < 4.78 is 0. The summed E-state index contributed by atoms with van der Waals surface area (Å²) in [4.78, 5) is 44.0. The molecule has 102 valence electrons. The Morgan fingerprint density at radius 3 is 2.15 bits per heavy atom. The average Bonchev–Trinajstić information content (AvgIpc) is 2.35. The smallest absolute Gasteiger partial charge is 0.348 e. The zero-order chi connectivity index (χ0) is 15.0. The van der Waals surface area contributed by atoms with Gasteiger partial charge in [-0.25, -0.2) is 4.79 Å². The lowest BCUT2D eigenvalue weighted by molar-refractivity contribution is -0.422. The van der Waals surface area contributed by atoms with Gasteiger partial charge in [-0.3, -0.25) is 25.0 Å². The molecule has 2 rings (SSSR count). The molecule has 0 spiro atoms. The number of pyridine rings is 1. The second-order valence-corrected chi connectivity index (χ2v) is 3.76. The highest BCUT2D eigenvalue weighted by molar-refractivity contribution is 5.94. The number of carbonyl (C=O) groups is 1. The molecule has 2 N–H and O–H groups in total. The van der Waals surface area contributed by atoms with E-state index in [0.29, 0.717) is 0 Å². The second-order valence-electron chi connectivity index (χ2n) is 3.76. The highest BCUT2D eigenvalue weighted by Crippen LogP contribution is 2.30. The summed E-state index contributed by atoms with van der Waals surface area (Å²) in [6, 6.07) is 2.59. The van der Waals surface area contributed by atoms with Gasteiger partial charge in [0, 0.05) is 17.5 Å². The van der Waals surface area contributed by atoms with Crippen LogP contribution in [0, 0.1) is 20.2 Å². The first-order valence-corrected chi connectivity index (χ1v) is 5.04. The van der Waals surface area contributed by atoms with E-state index in [0.717, 1.165) is 18.2 Å². The number of hydrogen-bond acceptors (Lipinski definition) is 6. The summed E-state index contributed by atoms with van der Waals surface area (Å²) >= 11 is 0. The lowest BCUT2D eigenvalue weighted by Gasteiger charge is -2.01. The highest BCUT2D eigenvalue weighted by Gasteiger charge is 2.25. The van der Waals surface area contributed by atoms with Crippen molar-refractivity contribution in [3.63, 3.8) is 0 Å². The first-order valence-electron chi connectivity index (χ1n) is 5.04. The summed E-state index contributed by atoms with van der Waals surface area (Å²) in [5, 5.41) is 30.3. The lowest BCUT2D eigenvalue weighted by Crippen LogP contribution is -2.17. The number of fused-ring (bicyclic) bond motifs is 1. The fourth-order valence-electron chi connectivity index (χ4n) is 1.68. The van der Waals surface area contributed by atoms with Gasteiger partial charge in [0.05, 0.1) is 15.4 Å². The molecule has 0 unspecified atom stereocenters. The number of nitro groups is 2. The summed E-state index contributed by atoms with van der Waals surface area (Å²) in [5.41, 5.74) is -3.20. The van der Waals surface area contributed by atoms with Crippen molar-refractivity contribution in [1.82, 2.24) is 4.98 Å². The molecule has 10 nitrogen and oxygen atoms in total. The van der Waals surface area contributed by atoms with Crippen molar-refractivity contribution >= 4 is 28.2 Å². The molecule has 1 heterocycles. The van der Waals surface area contributed by atoms with Gasteiger partial charge in [-0.05, 0) is 6.07 Å². The fraction of sp³-hybridized carbons (Fsp3) is 0. The van der Waals surface area contributed by atoms with Crippen LogP contribution in [0.15, 0.2) is 23.0 Å². The number of benzene rings is 1. The van der Waals surface area contributed by atoms with Crippen LogP contribution in [0.25, 0.3) is 10.9 Å². The largest absolute Gasteiger partial charge is 0.477 e. The zero-order valence-corrected chi connectivity index (χ0v) is 9.52. The third kappa shape index (κ3) is 2.05. The van der Waals surface area contributed by atoms with Crippen LogP contribution in [-0.2, 0) is 0 Å². The number of nitrogens with zero attached hydrogens (tertiary/aromatic N) is 2. The van der Waals surface area contributed by atoms with E-state index >= 15 is 0 Å². The van der Waals surface area contributed by atoms with Crippen LogP contribution in [0.3, 0.4) is 0 Å². The van der Waals surface area contributed by atoms with Crippen molar-refractivity contribution in [3.8, 4) is 0 Å². The monoisotopic (exact) mass is 279 g/mol. The van der Waals surface area contributed by atoms with E-state index in [2.05, 4.69) is 4.98 Å². The molecule has 0 aliphatic carbocycles. The van der Waals surface area contributed by atoms with Crippen LogP contribution in [0.5, 0.6) is 0 Å². The number of aromatic amines is 1. The normalized spacial score (nSPS) is 10.4. The van der Waals surface area contributed by atoms with E-state index < -0.39 is 38.3 Å². The van der Waals surface area contributed by atoms with E-state index in [1.165, 1.54) is 0 Å². The van der Waals surface area contributed by atoms with Crippen molar-refractivity contribution in [2.75, 3.05) is 0 Å². The van der Waals surface area contributed by atoms with Gasteiger partial charge in [-0.15, -0.1) is 0 Å². The number of rotatable bonds is 3. The van der Waals surface area contributed by atoms with Gasteiger partial charge in [-0.2, -0.15) is 0 Å². The minimum absolute atomic E-state index is 0.0132. The van der Waals surface area contributed by atoms with E-state index in [-0.39, 0.29) is 10.9 Å². The third-order valence-electron chi connectivity index (χ3n) is 2.56. The Kier molecular flexibility index (Phi) is 2.90. The van der Waals surface area contributed by atoms with Gasteiger partial charge in [-0.1, -0.05) is 0 Å². The van der Waals surface area contributed by atoms with Crippen LogP contribution in [0.1, 0.15) is 10.4 Å². The zero-order valence-electron chi connectivity index (χ0n) is 9.52. The van der Waals surface area contributed by atoms with Crippen LogP contribution in [0.4, 0.5) is 11.4 Å². The van der Waals surface area contributed by atoms with E-state index in [9.17, 15) is 29.8 Å². The van der Waals surface area contributed by atoms with Gasteiger partial charge in [0.1, 0.15) is 5.56 Å². The average molecular weight is 279 g/mol. The molecule has 10 heteroatoms. The Morgan fingerprint density at radius 2 is 1.65 bits per heavy atom. The summed E-state index contributed by atoms with van der Waals surface area (Å²) in [6.07, 6.45) is 0. The van der Waals surface area contributed by atoms with Gasteiger partial charge in [0.25, 0.3) is 5.56 Å². The number of carboxylic acid groups (broad SMARTS) is 1. The Morgan fingerprint density at radius 1 is 1.10 bits per heavy atom. The minimum Gasteiger partial charge on any atom is -0.477 e. The first-order chi connectivity index (χ1) is 9.31. The molecule has 2 aromatic rings. The van der Waals surface area contributed by atoms with Crippen LogP contribution < -0.4 is 5.56 Å². The molecule has 0 amide bonds. The molecule has 0 fully saturated rings. The number of aromatic nitrogens is 1. The maximum atomic E-state index is 11.4. The molecule has 0 bridgehead atoms. The topological polar surface area (TPSA) is 156 Å². The molecule has 0 saturated heterocycles. The molecule has 0 aliphatic heterocycles. The van der Waals surface area contributed by atoms with E-state index in [4.69, 9.17) is 5.11 Å². The van der Waals surface area contributed by atoms with Crippen molar-refractivity contribution in [1.29, 1.82) is 0 Å². The third-order valence-corrected chi connectivity index (χ3v) is 2.56. The van der Waals surface area contributed by atoms with Crippen molar-refractivity contribution in [2.45, 2.75) is 0 Å². The predicted molar refractivity (Wildman–Crippen MR) is 64.8 cm³/mol. The Bertz CT molecular complexity index is 823. The van der Waals surface area contributed by atoms with Gasteiger partial charge < -0.3 is 10.1 Å². The van der Waals surface area contributed by atoms with Gasteiger partial charge >= 0.3 is 17.3 Å². The molecule has 20 heavy (non-hydrogen) atoms. The Labute approximate surface area is 108 Å². The number of carboxylic acids is 1. The number of nitrogens with one attached hydrogen (secondary N) is 1. The summed E-state index contributed by atoms with van der Waals surface area (Å²) in [6.45, 7) is 0. The predicted octanol–water partition coefficient (Wildman–Crippen LogP) is 1.04. The van der Waals surface area contributed by atoms with E-state index in [1.54, 1.807) is 0 Å². The number of hydrogen-bond donors (Lipinski definition) is 2. The molecule has 0 radical (unpaired) electrons. The minimum atomic E-state index is -1.51. The van der Waals surface area contributed by atoms with Gasteiger partial charge in [0.15, 0.2) is 0 Å². The molecular formula is C10H5N3O7. The van der Waals surface area contributed by atoms with Gasteiger partial charge in [0.2, 0.25) is 0 Å². The maximum Gasteiger partial charge on any atom is 0.348 e. The molecule has 1 aromatic heterocycles. The standard InChI is InChI=1S/C10H5N3O7/c14-9-5(10(15)16)1-4-2-7(12(17)18)8(13(19)20)3-6(4)11-9/h1-3H,(H,11,14)(H,15,16). The maximum absolute atomic E-state index is 11.4.